The summed E-state index contributed by atoms with van der Waals surface area (Å²) >= 11 is 0. The van der Waals surface area contributed by atoms with Crippen LogP contribution in [-0.4, -0.2) is 23.0 Å². The molecule has 0 bridgehead atoms. The van der Waals surface area contributed by atoms with Gasteiger partial charge in [0.15, 0.2) is 0 Å². The molecule has 1 rings (SSSR count). The van der Waals surface area contributed by atoms with Gasteiger partial charge < -0.3 is 10.5 Å². The van der Waals surface area contributed by atoms with Crippen molar-refractivity contribution in [3.8, 4) is 0 Å². The number of nitrogens with two attached hydrogens (primary N) is 1. The van der Waals surface area contributed by atoms with Crippen LogP contribution in [0.1, 0.15) is 11.3 Å². The molecule has 0 spiro atoms. The third-order valence-corrected chi connectivity index (χ3v) is 1.70. The quantitative estimate of drug-likeness (QED) is 0.548. The second kappa shape index (κ2) is 4.36. The number of ether oxygens (including phenoxy) is 1. The van der Waals surface area contributed by atoms with Crippen LogP contribution in [0, 0.1) is 6.92 Å². The lowest BCUT2D eigenvalue weighted by Gasteiger charge is -2.01. The molecule has 0 aliphatic carbocycles. The Bertz CT molecular complexity index is 354. The molecule has 0 aliphatic heterocycles. The Kier molecular flexibility index (Phi) is 3.17. The zero-order valence-electron chi connectivity index (χ0n) is 8.02. The molecular weight excluding hydrogens is 182 g/mol. The molecule has 1 aromatic heterocycles. The normalized spacial score (nSPS) is 10.4. The topological polar surface area (TPSA) is 78.1 Å². The van der Waals surface area contributed by atoms with E-state index in [2.05, 4.69) is 14.7 Å². The first-order chi connectivity index (χ1) is 6.65. The second-order valence-electron chi connectivity index (χ2n) is 2.61. The summed E-state index contributed by atoms with van der Waals surface area (Å²) < 4.78 is 4.44. The highest BCUT2D eigenvalue weighted by molar-refractivity contribution is 5.88. The minimum Gasteiger partial charge on any atom is -0.466 e. The average molecular weight is 193 g/mol. The molecule has 1 heterocycles. The molecule has 5 heteroatoms. The molecule has 0 saturated heterocycles. The minimum absolute atomic E-state index is 0.345. The van der Waals surface area contributed by atoms with E-state index in [1.54, 1.807) is 6.92 Å². The number of esters is 1. The van der Waals surface area contributed by atoms with E-state index < -0.39 is 5.97 Å². The Labute approximate surface area is 81.6 Å². The first-order valence-electron chi connectivity index (χ1n) is 3.98. The summed E-state index contributed by atoms with van der Waals surface area (Å²) in [6.07, 6.45) is 4.19. The fourth-order valence-electron chi connectivity index (χ4n) is 0.927. The average Bonchev–Trinajstić information content (AvgIpc) is 2.16. The van der Waals surface area contributed by atoms with Crippen LogP contribution in [-0.2, 0) is 9.53 Å². The van der Waals surface area contributed by atoms with Crippen molar-refractivity contribution in [2.45, 2.75) is 6.92 Å². The number of methoxy groups -OCH3 is 1. The highest BCUT2D eigenvalue weighted by Crippen LogP contribution is 2.12. The maximum Gasteiger partial charge on any atom is 0.330 e. The number of nitrogens with zero attached hydrogens (tertiary/aromatic N) is 2. The van der Waals surface area contributed by atoms with Crippen molar-refractivity contribution in [1.29, 1.82) is 0 Å². The SMILES string of the molecule is COC(=O)/C=C/c1c(C)ncnc1N. The third kappa shape index (κ3) is 2.29. The number of hydrogen-bond donors (Lipinski definition) is 1. The standard InChI is InChI=1S/C9H11N3O2/c1-6-7(3-4-8(13)14-2)9(10)12-5-11-6/h3-5H,1-2H3,(H2,10,11,12)/b4-3+. The van der Waals surface area contributed by atoms with E-state index >= 15 is 0 Å². The molecule has 5 nitrogen and oxygen atoms in total. The summed E-state index contributed by atoms with van der Waals surface area (Å²) in [7, 11) is 1.31. The molecule has 0 aromatic carbocycles. The number of anilines is 1. The monoisotopic (exact) mass is 193 g/mol. The summed E-state index contributed by atoms with van der Waals surface area (Å²) in [5.41, 5.74) is 6.95. The van der Waals surface area contributed by atoms with Crippen LogP contribution < -0.4 is 5.73 Å². The van der Waals surface area contributed by atoms with E-state index in [4.69, 9.17) is 5.73 Å². The highest BCUT2D eigenvalue weighted by atomic mass is 16.5. The van der Waals surface area contributed by atoms with Crippen LogP contribution in [0.15, 0.2) is 12.4 Å². The Balaban J connectivity index is 2.96. The van der Waals surface area contributed by atoms with Gasteiger partial charge in [-0.05, 0) is 13.0 Å². The van der Waals surface area contributed by atoms with Gasteiger partial charge in [-0.3, -0.25) is 0 Å². The molecule has 74 valence electrons. The number of carbonyl (C=O) groups is 1. The molecule has 0 unspecified atom stereocenters. The molecule has 0 atom stereocenters. The summed E-state index contributed by atoms with van der Waals surface area (Å²) in [6.45, 7) is 1.79. The summed E-state index contributed by atoms with van der Waals surface area (Å²) in [6, 6.07) is 0. The number of aryl methyl sites for hydroxylation is 1. The minimum atomic E-state index is -0.437. The zero-order valence-corrected chi connectivity index (χ0v) is 8.02. The van der Waals surface area contributed by atoms with E-state index in [0.717, 1.165) is 5.69 Å². The van der Waals surface area contributed by atoms with Crippen LogP contribution in [0.5, 0.6) is 0 Å². The van der Waals surface area contributed by atoms with E-state index in [0.29, 0.717) is 11.4 Å². The lowest BCUT2D eigenvalue weighted by molar-refractivity contribution is -0.134. The van der Waals surface area contributed by atoms with Gasteiger partial charge in [0.1, 0.15) is 12.1 Å². The van der Waals surface area contributed by atoms with Crippen molar-refractivity contribution >= 4 is 17.9 Å². The van der Waals surface area contributed by atoms with Crippen LogP contribution in [0.4, 0.5) is 5.82 Å². The van der Waals surface area contributed by atoms with E-state index in [9.17, 15) is 4.79 Å². The summed E-state index contributed by atoms with van der Waals surface area (Å²) in [4.78, 5) is 18.6. The summed E-state index contributed by atoms with van der Waals surface area (Å²) in [5, 5.41) is 0. The predicted octanol–water partition coefficient (Wildman–Crippen LogP) is 0.553. The van der Waals surface area contributed by atoms with Crippen LogP contribution in [0.2, 0.25) is 0 Å². The molecule has 14 heavy (non-hydrogen) atoms. The number of rotatable bonds is 2. The second-order valence-corrected chi connectivity index (χ2v) is 2.61. The van der Waals surface area contributed by atoms with Crippen molar-refractivity contribution in [2.75, 3.05) is 12.8 Å². The van der Waals surface area contributed by atoms with Gasteiger partial charge in [-0.25, -0.2) is 14.8 Å². The molecule has 1 aromatic rings. The van der Waals surface area contributed by atoms with Crippen molar-refractivity contribution < 1.29 is 9.53 Å². The molecule has 0 aliphatic rings. The van der Waals surface area contributed by atoms with E-state index in [1.165, 1.54) is 25.6 Å². The fraction of sp³-hybridized carbons (Fsp3) is 0.222. The van der Waals surface area contributed by atoms with Crippen molar-refractivity contribution in [3.63, 3.8) is 0 Å². The molecule has 0 amide bonds. The van der Waals surface area contributed by atoms with Crippen LogP contribution >= 0.6 is 0 Å². The Hall–Kier alpha value is -1.91. The summed E-state index contributed by atoms with van der Waals surface area (Å²) in [5.74, 6) is -0.0923. The van der Waals surface area contributed by atoms with Gasteiger partial charge in [0, 0.05) is 11.6 Å². The molecule has 2 N–H and O–H groups in total. The van der Waals surface area contributed by atoms with Gasteiger partial charge in [-0.15, -0.1) is 0 Å². The van der Waals surface area contributed by atoms with Gasteiger partial charge in [-0.2, -0.15) is 0 Å². The van der Waals surface area contributed by atoms with Crippen LogP contribution in [0.3, 0.4) is 0 Å². The van der Waals surface area contributed by atoms with Crippen molar-refractivity contribution in [2.24, 2.45) is 0 Å². The fourth-order valence-corrected chi connectivity index (χ4v) is 0.927. The van der Waals surface area contributed by atoms with Crippen molar-refractivity contribution in [1.82, 2.24) is 9.97 Å². The zero-order chi connectivity index (χ0) is 10.6. The van der Waals surface area contributed by atoms with Gasteiger partial charge in [0.25, 0.3) is 0 Å². The maximum absolute atomic E-state index is 10.8. The van der Waals surface area contributed by atoms with E-state index in [-0.39, 0.29) is 0 Å². The molecule has 0 saturated carbocycles. The first kappa shape index (κ1) is 10.2. The van der Waals surface area contributed by atoms with E-state index in [1.807, 2.05) is 0 Å². The third-order valence-electron chi connectivity index (χ3n) is 1.70. The molecular formula is C9H11N3O2. The number of aromatic nitrogens is 2. The Morgan fingerprint density at radius 1 is 1.57 bits per heavy atom. The smallest absolute Gasteiger partial charge is 0.330 e. The highest BCUT2D eigenvalue weighted by Gasteiger charge is 2.01. The molecule has 0 radical (unpaired) electrons. The Morgan fingerprint density at radius 3 is 2.86 bits per heavy atom. The number of nitrogen functional groups attached to an aromatic ring is 1. The number of carbonyl (C=O) groups excluding carboxylic acids is 1. The van der Waals surface area contributed by atoms with Crippen molar-refractivity contribution in [3.05, 3.63) is 23.7 Å². The predicted molar refractivity (Wildman–Crippen MR) is 52.2 cm³/mol. The first-order valence-corrected chi connectivity index (χ1v) is 3.98. The van der Waals surface area contributed by atoms with Gasteiger partial charge in [-0.1, -0.05) is 0 Å². The lowest BCUT2D eigenvalue weighted by Crippen LogP contribution is -1.99. The van der Waals surface area contributed by atoms with Gasteiger partial charge in [0.05, 0.1) is 12.8 Å². The van der Waals surface area contributed by atoms with Gasteiger partial charge >= 0.3 is 5.97 Å². The number of hydrogen-bond acceptors (Lipinski definition) is 5. The Morgan fingerprint density at radius 2 is 2.29 bits per heavy atom. The maximum atomic E-state index is 10.8. The molecule has 0 fully saturated rings. The largest absolute Gasteiger partial charge is 0.466 e. The van der Waals surface area contributed by atoms with Gasteiger partial charge in [0.2, 0.25) is 0 Å². The lowest BCUT2D eigenvalue weighted by atomic mass is 10.2. The van der Waals surface area contributed by atoms with Crippen LogP contribution in [0.25, 0.3) is 6.08 Å².